The number of likely N-dealkylation sites (tertiary alicyclic amines) is 1. The maximum Gasteiger partial charge on any atom is 0.137 e. The van der Waals surface area contributed by atoms with Crippen molar-refractivity contribution in [3.05, 3.63) is 59.7 Å². The fraction of sp³-hybridized carbons (Fsp3) is 0.467. The summed E-state index contributed by atoms with van der Waals surface area (Å²) in [7, 11) is 0. The molecule has 0 radical (unpaired) electrons. The van der Waals surface area contributed by atoms with Gasteiger partial charge in [-0.2, -0.15) is 0 Å². The maximum absolute atomic E-state index is 8.11. The Balaban J connectivity index is 1.07. The van der Waals surface area contributed by atoms with E-state index in [2.05, 4.69) is 49.5 Å². The molecule has 1 atom stereocenters. The first-order valence-electron chi connectivity index (χ1n) is 14.5. The Morgan fingerprint density at radius 3 is 2.80 bits per heavy atom. The van der Waals surface area contributed by atoms with Gasteiger partial charge in [0.05, 0.1) is 18.4 Å². The first-order valence-corrected chi connectivity index (χ1v) is 14.5. The smallest absolute Gasteiger partial charge is 0.137 e. The molecule has 3 aromatic heterocycles. The fourth-order valence-corrected chi connectivity index (χ4v) is 6.62. The molecule has 7 rings (SSSR count). The lowest BCUT2D eigenvalue weighted by molar-refractivity contribution is 0.0343. The van der Waals surface area contributed by atoms with Crippen molar-refractivity contribution in [2.24, 2.45) is 5.41 Å². The van der Waals surface area contributed by atoms with Gasteiger partial charge < -0.3 is 25.6 Å². The molecule has 1 saturated carbocycles. The number of nitrogens with zero attached hydrogens (tertiary/aromatic N) is 6. The quantitative estimate of drug-likeness (QED) is 0.222. The van der Waals surface area contributed by atoms with Crippen LogP contribution in [-0.2, 0) is 17.8 Å². The van der Waals surface area contributed by atoms with Gasteiger partial charge in [0.1, 0.15) is 17.6 Å². The normalized spacial score (nSPS) is 20.6. The molecule has 40 heavy (non-hydrogen) atoms. The molecule has 10 heteroatoms. The lowest BCUT2D eigenvalue weighted by atomic mass is 9.68. The summed E-state index contributed by atoms with van der Waals surface area (Å²) in [6, 6.07) is 8.01. The summed E-state index contributed by atoms with van der Waals surface area (Å²) < 4.78 is 9.75. The third-order valence-electron chi connectivity index (χ3n) is 8.88. The number of nitrogens with one attached hydrogen (secondary N) is 2. The highest BCUT2D eigenvalue weighted by Gasteiger charge is 2.42. The SMILES string of the molecule is N=Cc1c(NC2CCCCO2)cc(N)cc1-c1cn(Cc2cn3cc(CN4CCC5(CCC5)C4)ccc3n2)nn1. The van der Waals surface area contributed by atoms with E-state index < -0.39 is 0 Å². The number of rotatable bonds is 8. The molecule has 2 saturated heterocycles. The van der Waals surface area contributed by atoms with Gasteiger partial charge >= 0.3 is 0 Å². The lowest BCUT2D eigenvalue weighted by Gasteiger charge is -2.38. The Bertz CT molecular complexity index is 1530. The number of anilines is 2. The number of imidazole rings is 1. The molecule has 1 aliphatic carbocycles. The van der Waals surface area contributed by atoms with E-state index in [0.29, 0.717) is 23.3 Å². The summed E-state index contributed by atoms with van der Waals surface area (Å²) in [5.41, 5.74) is 13.6. The number of nitrogens with two attached hydrogens (primary N) is 1. The predicted octanol–water partition coefficient (Wildman–Crippen LogP) is 4.54. The van der Waals surface area contributed by atoms with Crippen molar-refractivity contribution in [1.29, 1.82) is 5.41 Å². The van der Waals surface area contributed by atoms with E-state index in [1.54, 1.807) is 4.68 Å². The molecule has 5 heterocycles. The molecule has 3 aliphatic rings. The molecule has 208 valence electrons. The number of ether oxygens (including phenoxy) is 1. The molecule has 1 unspecified atom stereocenters. The Hall–Kier alpha value is -3.76. The van der Waals surface area contributed by atoms with Crippen LogP contribution in [0.25, 0.3) is 16.9 Å². The lowest BCUT2D eigenvalue weighted by Crippen LogP contribution is -2.32. The minimum atomic E-state index is -0.0805. The van der Waals surface area contributed by atoms with Gasteiger partial charge in [0.15, 0.2) is 0 Å². The van der Waals surface area contributed by atoms with Crippen molar-refractivity contribution >= 4 is 23.2 Å². The van der Waals surface area contributed by atoms with Crippen LogP contribution in [0.4, 0.5) is 11.4 Å². The van der Waals surface area contributed by atoms with Crippen LogP contribution in [-0.4, -0.2) is 61.4 Å². The second-order valence-corrected chi connectivity index (χ2v) is 11.8. The van der Waals surface area contributed by atoms with E-state index >= 15 is 0 Å². The Labute approximate surface area is 234 Å². The zero-order chi connectivity index (χ0) is 27.1. The number of pyridine rings is 1. The zero-order valence-electron chi connectivity index (χ0n) is 22.9. The summed E-state index contributed by atoms with van der Waals surface area (Å²) in [6.45, 7) is 4.69. The molecular formula is C30H37N9O. The predicted molar refractivity (Wildman–Crippen MR) is 155 cm³/mol. The van der Waals surface area contributed by atoms with E-state index in [1.165, 1.54) is 50.6 Å². The molecule has 10 nitrogen and oxygen atoms in total. The van der Waals surface area contributed by atoms with E-state index in [-0.39, 0.29) is 6.23 Å². The van der Waals surface area contributed by atoms with Gasteiger partial charge in [-0.25, -0.2) is 9.67 Å². The average Bonchev–Trinajstić information content (AvgIpc) is 3.67. The minimum absolute atomic E-state index is 0.0805. The highest BCUT2D eigenvalue weighted by Crippen LogP contribution is 2.48. The summed E-state index contributed by atoms with van der Waals surface area (Å²) in [6.07, 6.45) is 16.1. The fourth-order valence-electron chi connectivity index (χ4n) is 6.62. The summed E-state index contributed by atoms with van der Waals surface area (Å²) >= 11 is 0. The molecular weight excluding hydrogens is 502 g/mol. The summed E-state index contributed by atoms with van der Waals surface area (Å²) in [5, 5.41) is 20.3. The van der Waals surface area contributed by atoms with Crippen molar-refractivity contribution < 1.29 is 4.74 Å². The average molecular weight is 540 g/mol. The van der Waals surface area contributed by atoms with Gasteiger partial charge in [-0.1, -0.05) is 17.7 Å². The summed E-state index contributed by atoms with van der Waals surface area (Å²) in [5.74, 6) is 0. The maximum atomic E-state index is 8.11. The molecule has 0 bridgehead atoms. The van der Waals surface area contributed by atoms with E-state index in [4.69, 9.17) is 20.9 Å². The molecule has 4 N–H and O–H groups in total. The van der Waals surface area contributed by atoms with Gasteiger partial charge in [-0.15, -0.1) is 5.10 Å². The number of aromatic nitrogens is 5. The van der Waals surface area contributed by atoms with E-state index in [9.17, 15) is 0 Å². The van der Waals surface area contributed by atoms with Gasteiger partial charge in [0.2, 0.25) is 0 Å². The third kappa shape index (κ3) is 4.97. The molecule has 3 fully saturated rings. The number of hydrogen-bond donors (Lipinski definition) is 3. The minimum Gasteiger partial charge on any atom is -0.399 e. The summed E-state index contributed by atoms with van der Waals surface area (Å²) in [4.78, 5) is 7.42. The van der Waals surface area contributed by atoms with E-state index in [0.717, 1.165) is 60.6 Å². The van der Waals surface area contributed by atoms with Crippen LogP contribution in [0.2, 0.25) is 0 Å². The van der Waals surface area contributed by atoms with Gasteiger partial charge in [-0.3, -0.25) is 4.90 Å². The van der Waals surface area contributed by atoms with Gasteiger partial charge in [0.25, 0.3) is 0 Å². The Kier molecular flexibility index (Phi) is 6.51. The first kappa shape index (κ1) is 25.2. The molecule has 1 aromatic carbocycles. The number of benzene rings is 1. The highest BCUT2D eigenvalue weighted by atomic mass is 16.5. The topological polar surface area (TPSA) is 122 Å². The highest BCUT2D eigenvalue weighted by molar-refractivity contribution is 5.96. The van der Waals surface area contributed by atoms with Crippen LogP contribution in [0.1, 0.15) is 61.8 Å². The second-order valence-electron chi connectivity index (χ2n) is 11.8. The van der Waals surface area contributed by atoms with Crippen molar-refractivity contribution in [3.63, 3.8) is 0 Å². The van der Waals surface area contributed by atoms with Crippen molar-refractivity contribution in [1.82, 2.24) is 29.3 Å². The first-order chi connectivity index (χ1) is 19.6. The van der Waals surface area contributed by atoms with E-state index in [1.807, 2.05) is 18.3 Å². The van der Waals surface area contributed by atoms with Gasteiger partial charge in [-0.05, 0) is 74.2 Å². The monoisotopic (exact) mass is 539 g/mol. The van der Waals surface area contributed by atoms with Crippen LogP contribution >= 0.6 is 0 Å². The number of hydrogen-bond acceptors (Lipinski definition) is 8. The van der Waals surface area contributed by atoms with Gasteiger partial charge in [0, 0.05) is 60.8 Å². The zero-order valence-corrected chi connectivity index (χ0v) is 22.9. The molecule has 1 spiro atoms. The second kappa shape index (κ2) is 10.3. The molecule has 0 amide bonds. The van der Waals surface area contributed by atoms with Crippen molar-refractivity contribution in [2.45, 2.75) is 64.3 Å². The van der Waals surface area contributed by atoms with Crippen LogP contribution in [0.3, 0.4) is 0 Å². The van der Waals surface area contributed by atoms with Crippen molar-refractivity contribution in [3.8, 4) is 11.3 Å². The molecule has 4 aromatic rings. The van der Waals surface area contributed by atoms with Crippen LogP contribution in [0.15, 0.2) is 42.9 Å². The van der Waals surface area contributed by atoms with Crippen molar-refractivity contribution in [2.75, 3.05) is 30.7 Å². The molecule has 2 aliphatic heterocycles. The number of fused-ring (bicyclic) bond motifs is 1. The number of nitrogen functional groups attached to an aromatic ring is 1. The van der Waals surface area contributed by atoms with Crippen LogP contribution in [0.5, 0.6) is 0 Å². The van der Waals surface area contributed by atoms with Crippen LogP contribution < -0.4 is 11.1 Å². The Morgan fingerprint density at radius 2 is 2.02 bits per heavy atom. The largest absolute Gasteiger partial charge is 0.399 e. The standard InChI is InChI=1S/C30H37N9O/c31-14-25-24(12-22(32)13-26(25)34-29-4-1-2-11-40-29)27-19-39(36-35-27)18-23-17-38-16-21(5-6-28(38)33-23)15-37-10-9-30(20-37)7-3-8-30/h5-6,12-14,16-17,19,29,31,34H,1-4,7-11,15,18,20,32H2. The Morgan fingerprint density at radius 1 is 1.10 bits per heavy atom. The third-order valence-corrected chi connectivity index (χ3v) is 8.88. The van der Waals surface area contributed by atoms with Crippen LogP contribution in [0, 0.1) is 10.8 Å².